The molecule has 4 N–H and O–H groups in total. The molecule has 0 fully saturated rings. The fraction of sp³-hybridized carbons (Fsp3) is 0.158. The zero-order chi connectivity index (χ0) is 19.5. The van der Waals surface area contributed by atoms with Crippen LogP contribution in [0, 0.1) is 0 Å². The van der Waals surface area contributed by atoms with Gasteiger partial charge in [0.05, 0.1) is 28.6 Å². The summed E-state index contributed by atoms with van der Waals surface area (Å²) in [5, 5.41) is 16.4. The van der Waals surface area contributed by atoms with Crippen LogP contribution >= 0.6 is 11.3 Å². The molecule has 28 heavy (non-hydrogen) atoms. The lowest BCUT2D eigenvalue weighted by Gasteiger charge is -2.04. The van der Waals surface area contributed by atoms with Gasteiger partial charge in [-0.25, -0.2) is 9.97 Å². The van der Waals surface area contributed by atoms with Crippen molar-refractivity contribution in [1.82, 2.24) is 25.1 Å². The lowest BCUT2D eigenvalue weighted by atomic mass is 10.1. The van der Waals surface area contributed by atoms with Gasteiger partial charge in [-0.2, -0.15) is 5.10 Å². The van der Waals surface area contributed by atoms with E-state index in [0.717, 1.165) is 31.9 Å². The molecular weight excluding hydrogens is 376 g/mol. The second-order valence-electron chi connectivity index (χ2n) is 6.14. The fourth-order valence-electron chi connectivity index (χ4n) is 2.79. The van der Waals surface area contributed by atoms with Crippen molar-refractivity contribution in [3.05, 3.63) is 48.9 Å². The van der Waals surface area contributed by atoms with Crippen molar-refractivity contribution in [2.75, 3.05) is 18.9 Å². The van der Waals surface area contributed by atoms with Crippen LogP contribution in [0.2, 0.25) is 0 Å². The van der Waals surface area contributed by atoms with E-state index in [2.05, 4.69) is 20.4 Å². The number of anilines is 1. The molecule has 142 valence electrons. The Morgan fingerprint density at radius 2 is 2.11 bits per heavy atom. The van der Waals surface area contributed by atoms with Crippen LogP contribution in [0.5, 0.6) is 0 Å². The minimum Gasteiger partial charge on any atom is -0.395 e. The minimum atomic E-state index is -0.214. The lowest BCUT2D eigenvalue weighted by Crippen LogP contribution is -2.30. The second kappa shape index (κ2) is 7.75. The normalized spacial score (nSPS) is 11.0. The third kappa shape index (κ3) is 3.71. The van der Waals surface area contributed by atoms with Gasteiger partial charge in [-0.3, -0.25) is 9.48 Å². The zero-order valence-corrected chi connectivity index (χ0v) is 15.7. The van der Waals surface area contributed by atoms with E-state index in [4.69, 9.17) is 10.8 Å². The van der Waals surface area contributed by atoms with Crippen molar-refractivity contribution in [3.8, 4) is 21.7 Å². The van der Waals surface area contributed by atoms with Crippen LogP contribution in [0.4, 0.5) is 5.82 Å². The number of nitrogens with two attached hydrogens (primary N) is 1. The van der Waals surface area contributed by atoms with Crippen molar-refractivity contribution in [2.45, 2.75) is 6.54 Å². The molecule has 4 rings (SSSR count). The Kier molecular flexibility index (Phi) is 5.00. The van der Waals surface area contributed by atoms with Gasteiger partial charge in [0.25, 0.3) is 0 Å². The number of para-hydroxylation sites is 1. The van der Waals surface area contributed by atoms with E-state index in [0.29, 0.717) is 5.82 Å². The summed E-state index contributed by atoms with van der Waals surface area (Å²) in [5.41, 5.74) is 9.46. The highest BCUT2D eigenvalue weighted by molar-refractivity contribution is 7.21. The monoisotopic (exact) mass is 394 g/mol. The van der Waals surface area contributed by atoms with Gasteiger partial charge in [0.2, 0.25) is 5.91 Å². The van der Waals surface area contributed by atoms with E-state index in [9.17, 15) is 4.79 Å². The Bertz CT molecular complexity index is 1100. The highest BCUT2D eigenvalue weighted by Crippen LogP contribution is 2.34. The van der Waals surface area contributed by atoms with Gasteiger partial charge < -0.3 is 16.2 Å². The number of hydrogen-bond donors (Lipinski definition) is 3. The number of aliphatic hydroxyl groups excluding tert-OH is 1. The van der Waals surface area contributed by atoms with E-state index in [1.807, 2.05) is 30.3 Å². The van der Waals surface area contributed by atoms with Gasteiger partial charge in [-0.15, -0.1) is 11.3 Å². The third-order valence-electron chi connectivity index (χ3n) is 4.15. The Labute approximate surface area is 164 Å². The van der Waals surface area contributed by atoms with Crippen molar-refractivity contribution in [1.29, 1.82) is 0 Å². The van der Waals surface area contributed by atoms with Crippen LogP contribution in [-0.4, -0.2) is 43.9 Å². The third-order valence-corrected chi connectivity index (χ3v) is 5.22. The molecule has 0 spiro atoms. The maximum atomic E-state index is 11.8. The first-order chi connectivity index (χ1) is 13.6. The molecule has 1 aromatic carbocycles. The highest BCUT2D eigenvalue weighted by Gasteiger charge is 2.13. The predicted molar refractivity (Wildman–Crippen MR) is 109 cm³/mol. The number of pyridine rings is 1. The number of amides is 1. The number of aliphatic hydroxyl groups is 1. The number of nitrogen functional groups attached to an aromatic ring is 1. The lowest BCUT2D eigenvalue weighted by molar-refractivity contribution is -0.122. The molecule has 3 heterocycles. The smallest absolute Gasteiger partial charge is 0.241 e. The van der Waals surface area contributed by atoms with E-state index < -0.39 is 0 Å². The van der Waals surface area contributed by atoms with Crippen LogP contribution < -0.4 is 11.1 Å². The van der Waals surface area contributed by atoms with Gasteiger partial charge >= 0.3 is 0 Å². The fourth-order valence-corrected chi connectivity index (χ4v) is 3.78. The van der Waals surface area contributed by atoms with Gasteiger partial charge in [0.15, 0.2) is 0 Å². The quantitative estimate of drug-likeness (QED) is 0.460. The molecule has 0 saturated carbocycles. The van der Waals surface area contributed by atoms with Crippen LogP contribution in [-0.2, 0) is 11.3 Å². The van der Waals surface area contributed by atoms with Crippen molar-refractivity contribution < 1.29 is 9.90 Å². The molecule has 0 unspecified atom stereocenters. The van der Waals surface area contributed by atoms with Crippen LogP contribution in [0.25, 0.3) is 31.9 Å². The number of carbonyl (C=O) groups is 1. The zero-order valence-electron chi connectivity index (χ0n) is 14.9. The molecule has 3 aromatic heterocycles. The molecule has 8 nitrogen and oxygen atoms in total. The standard InChI is InChI=1S/C19H18N6O2S/c20-18-14(19-24-15-3-1-2-4-16(15)28-19)7-12(8-22-18)13-9-23-25(10-13)11-17(27)21-5-6-26/h1-4,7-10,26H,5-6,11H2,(H2,20,22)(H,21,27). The number of hydrogen-bond acceptors (Lipinski definition) is 7. The van der Waals surface area contributed by atoms with Crippen LogP contribution in [0.1, 0.15) is 0 Å². The van der Waals surface area contributed by atoms with Gasteiger partial charge in [0.1, 0.15) is 17.4 Å². The molecule has 0 saturated heterocycles. The van der Waals surface area contributed by atoms with E-state index in [-0.39, 0.29) is 25.6 Å². The average Bonchev–Trinajstić information content (AvgIpc) is 3.33. The summed E-state index contributed by atoms with van der Waals surface area (Å²) < 4.78 is 2.62. The average molecular weight is 394 g/mol. The molecule has 1 amide bonds. The Morgan fingerprint density at radius 1 is 1.25 bits per heavy atom. The number of rotatable bonds is 6. The largest absolute Gasteiger partial charge is 0.395 e. The number of carbonyl (C=O) groups excluding carboxylic acids is 1. The van der Waals surface area contributed by atoms with Crippen molar-refractivity contribution in [2.24, 2.45) is 0 Å². The van der Waals surface area contributed by atoms with Gasteiger partial charge in [-0.05, 0) is 18.2 Å². The molecular formula is C19H18N6O2S. The molecule has 0 aliphatic carbocycles. The number of aromatic nitrogens is 4. The maximum Gasteiger partial charge on any atom is 0.241 e. The number of nitrogens with one attached hydrogen (secondary N) is 1. The molecule has 0 atom stereocenters. The predicted octanol–water partition coefficient (Wildman–Crippen LogP) is 1.91. The van der Waals surface area contributed by atoms with E-state index in [1.54, 1.807) is 29.9 Å². The SMILES string of the molecule is Nc1ncc(-c2cnn(CC(=O)NCCO)c2)cc1-c1nc2ccccc2s1. The summed E-state index contributed by atoms with van der Waals surface area (Å²) in [6.07, 6.45) is 5.13. The summed E-state index contributed by atoms with van der Waals surface area (Å²) in [5.74, 6) is 0.202. The van der Waals surface area contributed by atoms with Gasteiger partial charge in [0, 0.05) is 30.1 Å². The van der Waals surface area contributed by atoms with Crippen molar-refractivity contribution in [3.63, 3.8) is 0 Å². The minimum absolute atomic E-state index is 0.0765. The molecule has 4 aromatic rings. The maximum absolute atomic E-state index is 11.8. The summed E-state index contributed by atoms with van der Waals surface area (Å²) in [6, 6.07) is 9.86. The second-order valence-corrected chi connectivity index (χ2v) is 7.17. The van der Waals surface area contributed by atoms with Crippen molar-refractivity contribution >= 4 is 33.3 Å². The summed E-state index contributed by atoms with van der Waals surface area (Å²) >= 11 is 1.56. The summed E-state index contributed by atoms with van der Waals surface area (Å²) in [6.45, 7) is 0.204. The highest BCUT2D eigenvalue weighted by atomic mass is 32.1. The van der Waals surface area contributed by atoms with E-state index in [1.165, 1.54) is 4.68 Å². The molecule has 0 radical (unpaired) electrons. The van der Waals surface area contributed by atoms with Crippen LogP contribution in [0.3, 0.4) is 0 Å². The molecule has 0 bridgehead atoms. The number of benzene rings is 1. The Balaban J connectivity index is 1.61. The van der Waals surface area contributed by atoms with Crippen LogP contribution in [0.15, 0.2) is 48.9 Å². The Morgan fingerprint density at radius 3 is 2.93 bits per heavy atom. The number of thiazole rings is 1. The number of fused-ring (bicyclic) bond motifs is 1. The first-order valence-corrected chi connectivity index (χ1v) is 9.47. The topological polar surface area (TPSA) is 119 Å². The van der Waals surface area contributed by atoms with Gasteiger partial charge in [-0.1, -0.05) is 12.1 Å². The Hall–Kier alpha value is -3.30. The number of nitrogens with zero attached hydrogens (tertiary/aromatic N) is 4. The summed E-state index contributed by atoms with van der Waals surface area (Å²) in [4.78, 5) is 20.7. The molecule has 9 heteroatoms. The first-order valence-electron chi connectivity index (χ1n) is 8.66. The van der Waals surface area contributed by atoms with E-state index >= 15 is 0 Å². The molecule has 0 aliphatic rings. The molecule has 0 aliphatic heterocycles. The summed E-state index contributed by atoms with van der Waals surface area (Å²) in [7, 11) is 0. The first kappa shape index (κ1) is 18.1.